The molecule has 1 aliphatic rings. The summed E-state index contributed by atoms with van der Waals surface area (Å²) in [6, 6.07) is 4.35. The highest BCUT2D eigenvalue weighted by atomic mass is 19.4. The molecular formula is C16H16F3N3O. The van der Waals surface area contributed by atoms with E-state index in [1.54, 1.807) is 11.1 Å². The van der Waals surface area contributed by atoms with Crippen LogP contribution in [0.3, 0.4) is 0 Å². The van der Waals surface area contributed by atoms with Crippen molar-refractivity contribution in [3.8, 4) is 0 Å². The zero-order valence-corrected chi connectivity index (χ0v) is 12.5. The highest BCUT2D eigenvalue weighted by molar-refractivity contribution is 5.94. The summed E-state index contributed by atoms with van der Waals surface area (Å²) in [6.45, 7) is 3.01. The van der Waals surface area contributed by atoms with E-state index in [0.717, 1.165) is 30.1 Å². The minimum atomic E-state index is -4.39. The second-order valence-electron chi connectivity index (χ2n) is 5.76. The molecule has 2 heterocycles. The van der Waals surface area contributed by atoms with Gasteiger partial charge < -0.3 is 9.88 Å². The number of amides is 1. The maximum Gasteiger partial charge on any atom is 0.416 e. The summed E-state index contributed by atoms with van der Waals surface area (Å²) < 4.78 is 37.7. The van der Waals surface area contributed by atoms with Gasteiger partial charge >= 0.3 is 6.18 Å². The molecule has 1 atom stereocenters. The van der Waals surface area contributed by atoms with Crippen LogP contribution >= 0.6 is 0 Å². The van der Waals surface area contributed by atoms with Crippen LogP contribution in [0.2, 0.25) is 0 Å². The van der Waals surface area contributed by atoms with Crippen molar-refractivity contribution in [3.05, 3.63) is 53.1 Å². The monoisotopic (exact) mass is 323 g/mol. The topological polar surface area (TPSA) is 49.0 Å². The van der Waals surface area contributed by atoms with E-state index in [1.165, 1.54) is 12.1 Å². The molecule has 1 N–H and O–H groups in total. The Bertz CT molecular complexity index is 706. The highest BCUT2D eigenvalue weighted by Gasteiger charge is 2.32. The van der Waals surface area contributed by atoms with Crippen LogP contribution in [-0.4, -0.2) is 33.9 Å². The van der Waals surface area contributed by atoms with Crippen molar-refractivity contribution in [2.45, 2.75) is 25.4 Å². The fourth-order valence-electron chi connectivity index (χ4n) is 2.79. The molecule has 1 aromatic carbocycles. The lowest BCUT2D eigenvalue weighted by atomic mass is 10.1. The number of halogens is 3. The number of alkyl halides is 3. The van der Waals surface area contributed by atoms with Crippen molar-refractivity contribution in [2.24, 2.45) is 0 Å². The van der Waals surface area contributed by atoms with Crippen LogP contribution in [0.5, 0.6) is 0 Å². The van der Waals surface area contributed by atoms with Crippen LogP contribution in [-0.2, 0) is 6.18 Å². The lowest BCUT2D eigenvalue weighted by molar-refractivity contribution is -0.137. The van der Waals surface area contributed by atoms with E-state index in [4.69, 9.17) is 0 Å². The van der Waals surface area contributed by atoms with E-state index in [9.17, 15) is 18.0 Å². The lowest BCUT2D eigenvalue weighted by Crippen LogP contribution is -2.28. The van der Waals surface area contributed by atoms with Gasteiger partial charge in [0.05, 0.1) is 5.56 Å². The summed E-state index contributed by atoms with van der Waals surface area (Å²) in [5.74, 6) is 0.747. The Labute approximate surface area is 131 Å². The van der Waals surface area contributed by atoms with Gasteiger partial charge in [0.15, 0.2) is 0 Å². The van der Waals surface area contributed by atoms with Crippen LogP contribution in [0.25, 0.3) is 0 Å². The number of carbonyl (C=O) groups excluding carboxylic acids is 1. The lowest BCUT2D eigenvalue weighted by Gasteiger charge is -2.16. The molecule has 1 fully saturated rings. The molecule has 0 aliphatic carbocycles. The zero-order valence-electron chi connectivity index (χ0n) is 12.5. The summed E-state index contributed by atoms with van der Waals surface area (Å²) in [7, 11) is 0. The molecule has 0 bridgehead atoms. The van der Waals surface area contributed by atoms with Crippen LogP contribution in [0, 0.1) is 6.92 Å². The Morgan fingerprint density at radius 1 is 1.30 bits per heavy atom. The third kappa shape index (κ3) is 3.23. The maximum atomic E-state index is 12.6. The number of rotatable bonds is 2. The average Bonchev–Trinajstić information content (AvgIpc) is 3.14. The summed E-state index contributed by atoms with van der Waals surface area (Å²) in [5, 5.41) is 0. The Morgan fingerprint density at radius 3 is 2.57 bits per heavy atom. The van der Waals surface area contributed by atoms with Crippen molar-refractivity contribution in [3.63, 3.8) is 0 Å². The van der Waals surface area contributed by atoms with E-state index < -0.39 is 11.7 Å². The molecule has 0 saturated carbocycles. The minimum absolute atomic E-state index is 0.141. The molecule has 4 nitrogen and oxygen atoms in total. The van der Waals surface area contributed by atoms with Gasteiger partial charge in [0.2, 0.25) is 0 Å². The number of aromatic nitrogens is 2. The van der Waals surface area contributed by atoms with Gasteiger partial charge in [-0.2, -0.15) is 13.2 Å². The van der Waals surface area contributed by atoms with Crippen LogP contribution < -0.4 is 0 Å². The van der Waals surface area contributed by atoms with Gasteiger partial charge in [-0.1, -0.05) is 0 Å². The molecule has 2 aromatic rings. The largest absolute Gasteiger partial charge is 0.416 e. The molecule has 1 amide bonds. The Hall–Kier alpha value is -2.31. The minimum Gasteiger partial charge on any atom is -0.346 e. The smallest absolute Gasteiger partial charge is 0.346 e. The molecule has 1 aromatic heterocycles. The second kappa shape index (κ2) is 5.72. The van der Waals surface area contributed by atoms with E-state index in [1.807, 2.05) is 6.92 Å². The fraction of sp³-hybridized carbons (Fsp3) is 0.375. The third-order valence-electron chi connectivity index (χ3n) is 4.04. The molecule has 7 heteroatoms. The SMILES string of the molecule is Cc1cnc([C@@H]2CCN(C(=O)c3ccc(C(F)(F)F)cc3)C2)[nH]1. The van der Waals surface area contributed by atoms with Crippen LogP contribution in [0.1, 0.15) is 39.8 Å². The Balaban J connectivity index is 1.69. The van der Waals surface area contributed by atoms with Crippen molar-refractivity contribution in [1.29, 1.82) is 0 Å². The number of likely N-dealkylation sites (tertiary alicyclic amines) is 1. The number of aryl methyl sites for hydroxylation is 1. The van der Waals surface area contributed by atoms with Gasteiger partial charge in [-0.05, 0) is 37.6 Å². The molecule has 1 saturated heterocycles. The van der Waals surface area contributed by atoms with Gasteiger partial charge in [-0.25, -0.2) is 4.98 Å². The van der Waals surface area contributed by atoms with Crippen LogP contribution in [0.15, 0.2) is 30.5 Å². The normalized spacial score (nSPS) is 18.4. The van der Waals surface area contributed by atoms with E-state index in [2.05, 4.69) is 9.97 Å². The average molecular weight is 323 g/mol. The Morgan fingerprint density at radius 2 is 2.00 bits per heavy atom. The van der Waals surface area contributed by atoms with Gasteiger partial charge in [0.25, 0.3) is 5.91 Å². The van der Waals surface area contributed by atoms with Gasteiger partial charge in [-0.15, -0.1) is 0 Å². The van der Waals surface area contributed by atoms with E-state index in [-0.39, 0.29) is 17.4 Å². The molecule has 23 heavy (non-hydrogen) atoms. The second-order valence-corrected chi connectivity index (χ2v) is 5.76. The summed E-state index contributed by atoms with van der Waals surface area (Å²) in [5.41, 5.74) is 0.487. The first kappa shape index (κ1) is 15.6. The number of carbonyl (C=O) groups is 1. The number of imidazole rings is 1. The van der Waals surface area contributed by atoms with Crippen molar-refractivity contribution in [1.82, 2.24) is 14.9 Å². The molecular weight excluding hydrogens is 307 g/mol. The first-order chi connectivity index (χ1) is 10.8. The third-order valence-corrected chi connectivity index (χ3v) is 4.04. The zero-order chi connectivity index (χ0) is 16.6. The predicted octanol–water partition coefficient (Wildman–Crippen LogP) is 3.37. The number of nitrogens with zero attached hydrogens (tertiary/aromatic N) is 2. The summed E-state index contributed by atoms with van der Waals surface area (Å²) >= 11 is 0. The van der Waals surface area contributed by atoms with E-state index in [0.29, 0.717) is 13.1 Å². The van der Waals surface area contributed by atoms with Gasteiger partial charge in [0, 0.05) is 36.5 Å². The predicted molar refractivity (Wildman–Crippen MR) is 78.0 cm³/mol. The molecule has 0 spiro atoms. The molecule has 0 radical (unpaired) electrons. The standard InChI is InChI=1S/C16H16F3N3O/c1-10-8-20-14(21-10)12-6-7-22(9-12)15(23)11-2-4-13(5-3-11)16(17,18)19/h2-5,8,12H,6-7,9H2,1H3,(H,20,21)/t12-/m1/s1. The quantitative estimate of drug-likeness (QED) is 0.921. The number of hydrogen-bond donors (Lipinski definition) is 1. The van der Waals surface area contributed by atoms with Crippen LogP contribution in [0.4, 0.5) is 13.2 Å². The molecule has 0 unspecified atom stereocenters. The first-order valence-corrected chi connectivity index (χ1v) is 7.32. The fourth-order valence-corrected chi connectivity index (χ4v) is 2.79. The molecule has 1 aliphatic heterocycles. The Kier molecular flexibility index (Phi) is 3.87. The number of H-pyrrole nitrogens is 1. The molecule has 122 valence electrons. The van der Waals surface area contributed by atoms with Crippen molar-refractivity contribution in [2.75, 3.05) is 13.1 Å². The van der Waals surface area contributed by atoms with E-state index >= 15 is 0 Å². The number of benzene rings is 1. The number of aromatic amines is 1. The van der Waals surface area contributed by atoms with Crippen molar-refractivity contribution >= 4 is 5.91 Å². The van der Waals surface area contributed by atoms with Gasteiger partial charge in [-0.3, -0.25) is 4.79 Å². The maximum absolute atomic E-state index is 12.6. The number of hydrogen-bond acceptors (Lipinski definition) is 2. The van der Waals surface area contributed by atoms with Gasteiger partial charge in [0.1, 0.15) is 5.82 Å². The first-order valence-electron chi connectivity index (χ1n) is 7.32. The summed E-state index contributed by atoms with van der Waals surface area (Å²) in [6.07, 6.45) is -1.85. The summed E-state index contributed by atoms with van der Waals surface area (Å²) in [4.78, 5) is 21.5. The molecule has 3 rings (SSSR count). The van der Waals surface area contributed by atoms with Crippen molar-refractivity contribution < 1.29 is 18.0 Å². The number of nitrogens with one attached hydrogen (secondary N) is 1. The highest BCUT2D eigenvalue weighted by Crippen LogP contribution is 2.30.